The van der Waals surface area contributed by atoms with E-state index >= 15 is 0 Å². The third kappa shape index (κ3) is 6.16. The van der Waals surface area contributed by atoms with Gasteiger partial charge in [-0.1, -0.05) is 61.6 Å². The molecule has 4 rings (SSSR count). The van der Waals surface area contributed by atoms with Gasteiger partial charge in [0.2, 0.25) is 21.8 Å². The van der Waals surface area contributed by atoms with Crippen molar-refractivity contribution in [3.05, 3.63) is 42.0 Å². The first-order valence-corrected chi connectivity index (χ1v) is 14.8. The molecule has 1 aliphatic carbocycles. The highest BCUT2D eigenvalue weighted by molar-refractivity contribution is 7.89. The molecule has 2 fully saturated rings. The van der Waals surface area contributed by atoms with Gasteiger partial charge in [0.15, 0.2) is 0 Å². The lowest BCUT2D eigenvalue weighted by Gasteiger charge is -2.35. The molecule has 2 aliphatic rings. The molecule has 2 amide bonds. The van der Waals surface area contributed by atoms with Gasteiger partial charge in [-0.3, -0.25) is 14.8 Å². The van der Waals surface area contributed by atoms with E-state index in [4.69, 9.17) is 0 Å². The van der Waals surface area contributed by atoms with Gasteiger partial charge in [-0.25, -0.2) is 18.2 Å². The van der Waals surface area contributed by atoms with Crippen LogP contribution in [0.5, 0.6) is 0 Å². The quantitative estimate of drug-likeness (QED) is 0.376. The first-order valence-electron chi connectivity index (χ1n) is 13.4. The van der Waals surface area contributed by atoms with Crippen LogP contribution in [0.1, 0.15) is 56.9 Å². The van der Waals surface area contributed by atoms with E-state index in [0.29, 0.717) is 30.8 Å². The second-order valence-electron chi connectivity index (χ2n) is 10.7. The molecule has 1 heterocycles. The standard InChI is InChI=1S/C28H39N3O5S/c1-20-13-14-23-22(17-20)11-8-12-26(23)37(35,36)30(2)19-25(27(32)29-34)24(18-21-9-4-5-10-21)28(33)31-15-6-3-7-16-31/h8,11-14,17,21,24-25,34H,3-7,9-10,15-16,18-19H2,1-2H3,(H,29,32)/t24-,25+/m1/s1. The minimum atomic E-state index is -3.98. The number of nitrogens with one attached hydrogen (secondary N) is 1. The molecule has 0 spiro atoms. The van der Waals surface area contributed by atoms with Crippen LogP contribution in [-0.4, -0.2) is 61.3 Å². The fraction of sp³-hybridized carbons (Fsp3) is 0.571. The molecule has 9 heteroatoms. The Balaban J connectivity index is 1.65. The Kier molecular flexibility index (Phi) is 8.87. The van der Waals surface area contributed by atoms with Crippen molar-refractivity contribution in [1.82, 2.24) is 14.7 Å². The summed E-state index contributed by atoms with van der Waals surface area (Å²) in [6.07, 6.45) is 7.64. The molecule has 0 radical (unpaired) electrons. The van der Waals surface area contributed by atoms with E-state index in [2.05, 4.69) is 0 Å². The zero-order valence-corrected chi connectivity index (χ0v) is 22.7. The van der Waals surface area contributed by atoms with Crippen molar-refractivity contribution in [2.24, 2.45) is 17.8 Å². The highest BCUT2D eigenvalue weighted by Crippen LogP contribution is 2.35. The number of hydroxylamine groups is 1. The lowest BCUT2D eigenvalue weighted by molar-refractivity contribution is -0.146. The number of carbonyl (C=O) groups is 2. The van der Waals surface area contributed by atoms with Gasteiger partial charge in [0.05, 0.1) is 16.7 Å². The van der Waals surface area contributed by atoms with Gasteiger partial charge in [-0.2, -0.15) is 0 Å². The minimum Gasteiger partial charge on any atom is -0.342 e. The Morgan fingerprint density at radius 3 is 2.43 bits per heavy atom. The van der Waals surface area contributed by atoms with E-state index in [-0.39, 0.29) is 17.3 Å². The van der Waals surface area contributed by atoms with Crippen LogP contribution in [0.3, 0.4) is 0 Å². The summed E-state index contributed by atoms with van der Waals surface area (Å²) in [7, 11) is -2.54. The molecule has 2 aromatic rings. The molecular weight excluding hydrogens is 490 g/mol. The molecule has 0 unspecified atom stereocenters. The summed E-state index contributed by atoms with van der Waals surface area (Å²) < 4.78 is 28.7. The lowest BCUT2D eigenvalue weighted by Crippen LogP contribution is -2.49. The summed E-state index contributed by atoms with van der Waals surface area (Å²) in [6, 6.07) is 10.8. The van der Waals surface area contributed by atoms with Gasteiger partial charge >= 0.3 is 0 Å². The van der Waals surface area contributed by atoms with Crippen molar-refractivity contribution >= 4 is 32.6 Å². The van der Waals surface area contributed by atoms with Crippen molar-refractivity contribution in [2.75, 3.05) is 26.7 Å². The van der Waals surface area contributed by atoms with Gasteiger partial charge in [0, 0.05) is 32.1 Å². The number of piperidine rings is 1. The summed E-state index contributed by atoms with van der Waals surface area (Å²) in [5.41, 5.74) is 2.76. The van der Waals surface area contributed by atoms with Gasteiger partial charge in [0.1, 0.15) is 0 Å². The third-order valence-electron chi connectivity index (χ3n) is 8.12. The van der Waals surface area contributed by atoms with Crippen LogP contribution >= 0.6 is 0 Å². The Morgan fingerprint density at radius 2 is 1.76 bits per heavy atom. The summed E-state index contributed by atoms with van der Waals surface area (Å²) in [6.45, 7) is 3.05. The van der Waals surface area contributed by atoms with Crippen molar-refractivity contribution in [1.29, 1.82) is 0 Å². The summed E-state index contributed by atoms with van der Waals surface area (Å²) in [4.78, 5) is 28.7. The molecule has 0 aromatic heterocycles. The molecule has 0 bridgehead atoms. The first-order chi connectivity index (χ1) is 17.7. The van der Waals surface area contributed by atoms with Crippen LogP contribution in [0.2, 0.25) is 0 Å². The van der Waals surface area contributed by atoms with Gasteiger partial charge in [-0.05, 0) is 50.0 Å². The van der Waals surface area contributed by atoms with Crippen LogP contribution in [0.25, 0.3) is 10.8 Å². The molecule has 2 aromatic carbocycles. The van der Waals surface area contributed by atoms with Crippen LogP contribution in [0, 0.1) is 24.7 Å². The number of aryl methyl sites for hydroxylation is 1. The number of sulfonamides is 1. The van der Waals surface area contributed by atoms with E-state index in [9.17, 15) is 23.2 Å². The number of hydrogen-bond acceptors (Lipinski definition) is 5. The maximum absolute atomic E-state index is 13.8. The molecule has 37 heavy (non-hydrogen) atoms. The fourth-order valence-corrected chi connectivity index (χ4v) is 7.42. The number of benzene rings is 2. The maximum atomic E-state index is 13.8. The van der Waals surface area contributed by atoms with E-state index in [1.165, 1.54) is 7.05 Å². The maximum Gasteiger partial charge on any atom is 0.248 e. The third-order valence-corrected chi connectivity index (χ3v) is 10.00. The van der Waals surface area contributed by atoms with E-state index < -0.39 is 27.8 Å². The summed E-state index contributed by atoms with van der Waals surface area (Å²) in [5.74, 6) is -2.20. The Morgan fingerprint density at radius 1 is 1.05 bits per heavy atom. The van der Waals surface area contributed by atoms with Gasteiger partial charge in [0.25, 0.3) is 0 Å². The van der Waals surface area contributed by atoms with Crippen molar-refractivity contribution in [2.45, 2.75) is 63.2 Å². The summed E-state index contributed by atoms with van der Waals surface area (Å²) >= 11 is 0. The van der Waals surface area contributed by atoms with Gasteiger partial charge in [-0.15, -0.1) is 0 Å². The van der Waals surface area contributed by atoms with Crippen molar-refractivity contribution in [3.8, 4) is 0 Å². The van der Waals surface area contributed by atoms with Gasteiger partial charge < -0.3 is 4.90 Å². The van der Waals surface area contributed by atoms with Crippen molar-refractivity contribution in [3.63, 3.8) is 0 Å². The Hall–Kier alpha value is -2.49. The smallest absolute Gasteiger partial charge is 0.248 e. The largest absolute Gasteiger partial charge is 0.342 e. The highest BCUT2D eigenvalue weighted by Gasteiger charge is 2.40. The molecule has 1 aliphatic heterocycles. The highest BCUT2D eigenvalue weighted by atomic mass is 32.2. The molecule has 2 atom stereocenters. The average molecular weight is 530 g/mol. The second kappa shape index (κ2) is 11.9. The number of fused-ring (bicyclic) bond motifs is 1. The monoisotopic (exact) mass is 529 g/mol. The molecule has 2 N–H and O–H groups in total. The number of hydrogen-bond donors (Lipinski definition) is 2. The topological polar surface area (TPSA) is 107 Å². The SMILES string of the molecule is Cc1ccc2c(S(=O)(=O)N(C)C[C@H](C(=O)NO)[C@@H](CC3CCCC3)C(=O)N3CCCCC3)cccc2c1. The summed E-state index contributed by atoms with van der Waals surface area (Å²) in [5, 5.41) is 11.0. The zero-order chi connectivity index (χ0) is 26.6. The predicted molar refractivity (Wildman–Crippen MR) is 142 cm³/mol. The zero-order valence-electron chi connectivity index (χ0n) is 21.9. The second-order valence-corrected chi connectivity index (χ2v) is 12.7. The Labute approximate surface area is 220 Å². The van der Waals surface area contributed by atoms with E-state index in [1.807, 2.05) is 30.0 Å². The molecule has 202 valence electrons. The first kappa shape index (κ1) is 27.5. The average Bonchev–Trinajstić information content (AvgIpc) is 3.43. The van der Waals surface area contributed by atoms with Crippen molar-refractivity contribution < 1.29 is 23.2 Å². The number of likely N-dealkylation sites (tertiary alicyclic amines) is 1. The van der Waals surface area contributed by atoms with E-state index in [0.717, 1.165) is 60.2 Å². The molecule has 1 saturated carbocycles. The molecular formula is C28H39N3O5S. The van der Waals surface area contributed by atoms with Crippen LogP contribution < -0.4 is 5.48 Å². The van der Waals surface area contributed by atoms with Crippen LogP contribution in [0.4, 0.5) is 0 Å². The number of nitrogens with zero attached hydrogens (tertiary/aromatic N) is 2. The molecule has 8 nitrogen and oxygen atoms in total. The number of amides is 2. The van der Waals surface area contributed by atoms with Crippen LogP contribution in [-0.2, 0) is 19.6 Å². The number of carbonyl (C=O) groups excluding carboxylic acids is 2. The van der Waals surface area contributed by atoms with E-state index in [1.54, 1.807) is 23.7 Å². The molecule has 1 saturated heterocycles. The normalized spacial score (nSPS) is 18.8. The fourth-order valence-electron chi connectivity index (χ4n) is 6.01. The number of rotatable bonds is 9. The Bertz CT molecular complexity index is 1220. The lowest BCUT2D eigenvalue weighted by atomic mass is 9.81. The minimum absolute atomic E-state index is 0.105. The van der Waals surface area contributed by atoms with Crippen LogP contribution in [0.15, 0.2) is 41.3 Å². The predicted octanol–water partition coefficient (Wildman–Crippen LogP) is 4.10.